The smallest absolute Gasteiger partial charge is 0.136 e. The number of carbonyl (C=O) groups excluding carboxylic acids is 1. The predicted molar refractivity (Wildman–Crippen MR) is 68.0 cm³/mol. The van der Waals surface area contributed by atoms with Gasteiger partial charge in [0, 0.05) is 25.2 Å². The van der Waals surface area contributed by atoms with Gasteiger partial charge < -0.3 is 4.40 Å². The molecule has 2 aromatic heterocycles. The number of imidazole rings is 1. The Kier molecular flexibility index (Phi) is 3.57. The van der Waals surface area contributed by atoms with Crippen LogP contribution in [-0.4, -0.2) is 15.2 Å². The third kappa shape index (κ3) is 3.16. The molecule has 3 heteroatoms. The minimum atomic E-state index is 0.331. The molecule has 3 nitrogen and oxygen atoms in total. The summed E-state index contributed by atoms with van der Waals surface area (Å²) in [5, 5.41) is 0. The van der Waals surface area contributed by atoms with Gasteiger partial charge in [-0.25, -0.2) is 4.98 Å². The van der Waals surface area contributed by atoms with Gasteiger partial charge in [0.05, 0.1) is 5.69 Å². The van der Waals surface area contributed by atoms with Crippen LogP contribution in [0, 0.1) is 5.92 Å². The van der Waals surface area contributed by atoms with E-state index < -0.39 is 0 Å². The Hall–Kier alpha value is -1.64. The number of aryl methyl sites for hydroxylation is 1. The van der Waals surface area contributed by atoms with Crippen molar-refractivity contribution in [1.29, 1.82) is 0 Å². The lowest BCUT2D eigenvalue weighted by Crippen LogP contribution is -2.04. The van der Waals surface area contributed by atoms with Crippen LogP contribution in [0.15, 0.2) is 30.6 Å². The number of fused-ring (bicyclic) bond motifs is 1. The number of ketones is 1. The van der Waals surface area contributed by atoms with Crippen LogP contribution in [0.3, 0.4) is 0 Å². The van der Waals surface area contributed by atoms with Crippen molar-refractivity contribution in [2.45, 2.75) is 33.1 Å². The predicted octanol–water partition coefficient (Wildman–Crippen LogP) is 2.88. The molecule has 17 heavy (non-hydrogen) atoms. The van der Waals surface area contributed by atoms with Crippen LogP contribution in [0.5, 0.6) is 0 Å². The highest BCUT2D eigenvalue weighted by Gasteiger charge is 2.07. The summed E-state index contributed by atoms with van der Waals surface area (Å²) in [5.74, 6) is 0.778. The molecular formula is C14H18N2O. The van der Waals surface area contributed by atoms with Crippen LogP contribution in [0.25, 0.3) is 5.65 Å². The largest absolute Gasteiger partial charge is 0.307 e. The number of hydrogen-bond donors (Lipinski definition) is 0. The van der Waals surface area contributed by atoms with E-state index in [1.54, 1.807) is 0 Å². The normalized spacial score (nSPS) is 11.2. The third-order valence-corrected chi connectivity index (χ3v) is 2.71. The number of hydrogen-bond acceptors (Lipinski definition) is 2. The molecule has 0 fully saturated rings. The fourth-order valence-corrected chi connectivity index (χ4v) is 1.93. The summed E-state index contributed by atoms with van der Waals surface area (Å²) in [6.45, 7) is 4.14. The highest BCUT2D eigenvalue weighted by Crippen LogP contribution is 2.09. The molecule has 0 aliphatic heterocycles. The third-order valence-electron chi connectivity index (χ3n) is 2.71. The fourth-order valence-electron chi connectivity index (χ4n) is 1.93. The van der Waals surface area contributed by atoms with Crippen LogP contribution in [0.4, 0.5) is 0 Å². The zero-order valence-electron chi connectivity index (χ0n) is 10.4. The van der Waals surface area contributed by atoms with Crippen molar-refractivity contribution < 1.29 is 4.79 Å². The molecule has 0 radical (unpaired) electrons. The molecule has 0 bridgehead atoms. The summed E-state index contributed by atoms with van der Waals surface area (Å²) >= 11 is 0. The molecule has 0 spiro atoms. The molecule has 0 aromatic carbocycles. The number of nitrogens with zero attached hydrogens (tertiary/aromatic N) is 2. The molecule has 90 valence electrons. The zero-order valence-corrected chi connectivity index (χ0v) is 10.4. The van der Waals surface area contributed by atoms with Gasteiger partial charge in [-0.05, 0) is 24.5 Å². The second-order valence-electron chi connectivity index (χ2n) is 4.83. The van der Waals surface area contributed by atoms with Gasteiger partial charge in [0.25, 0.3) is 0 Å². The maximum Gasteiger partial charge on any atom is 0.136 e. The lowest BCUT2D eigenvalue weighted by Gasteiger charge is -2.01. The first-order chi connectivity index (χ1) is 8.15. The quantitative estimate of drug-likeness (QED) is 0.791. The lowest BCUT2D eigenvalue weighted by molar-refractivity contribution is -0.119. The first-order valence-corrected chi connectivity index (χ1v) is 6.09. The fraction of sp³-hybridized carbons (Fsp3) is 0.429. The second-order valence-corrected chi connectivity index (χ2v) is 4.83. The Morgan fingerprint density at radius 2 is 2.24 bits per heavy atom. The zero-order chi connectivity index (χ0) is 12.3. The highest BCUT2D eigenvalue weighted by atomic mass is 16.1. The van der Waals surface area contributed by atoms with Crippen LogP contribution < -0.4 is 0 Å². The topological polar surface area (TPSA) is 34.4 Å². The Morgan fingerprint density at radius 1 is 1.41 bits per heavy atom. The van der Waals surface area contributed by atoms with Gasteiger partial charge in [0.15, 0.2) is 0 Å². The van der Waals surface area contributed by atoms with Crippen LogP contribution in [-0.2, 0) is 11.2 Å². The van der Waals surface area contributed by atoms with Gasteiger partial charge in [-0.2, -0.15) is 0 Å². The van der Waals surface area contributed by atoms with Gasteiger partial charge in [0.2, 0.25) is 0 Å². The average molecular weight is 230 g/mol. The molecule has 0 saturated heterocycles. The first-order valence-electron chi connectivity index (χ1n) is 6.09. The van der Waals surface area contributed by atoms with Crippen molar-refractivity contribution in [3.63, 3.8) is 0 Å². The molecule has 0 aliphatic rings. The van der Waals surface area contributed by atoms with Crippen LogP contribution in [0.2, 0.25) is 0 Å². The van der Waals surface area contributed by atoms with Gasteiger partial charge in [0.1, 0.15) is 11.4 Å². The Balaban J connectivity index is 1.97. The first kappa shape index (κ1) is 11.8. The number of aromatic nitrogens is 2. The van der Waals surface area contributed by atoms with Crippen molar-refractivity contribution in [2.75, 3.05) is 0 Å². The maximum absolute atomic E-state index is 11.6. The molecule has 0 N–H and O–H groups in total. The van der Waals surface area contributed by atoms with E-state index in [4.69, 9.17) is 0 Å². The number of rotatable bonds is 5. The van der Waals surface area contributed by atoms with Gasteiger partial charge in [-0.15, -0.1) is 0 Å². The van der Waals surface area contributed by atoms with Crippen molar-refractivity contribution in [3.05, 3.63) is 36.3 Å². The summed E-state index contributed by atoms with van der Waals surface area (Å²) < 4.78 is 1.99. The monoisotopic (exact) mass is 230 g/mol. The average Bonchev–Trinajstić information content (AvgIpc) is 2.68. The molecule has 2 aromatic rings. The van der Waals surface area contributed by atoms with E-state index in [0.717, 1.165) is 17.8 Å². The lowest BCUT2D eigenvalue weighted by atomic mass is 10.0. The SMILES string of the molecule is CC(C)CC(=O)CCc1cn2ccccc2n1. The van der Waals surface area contributed by atoms with E-state index in [0.29, 0.717) is 24.5 Å². The summed E-state index contributed by atoms with van der Waals surface area (Å²) in [4.78, 5) is 16.1. The summed E-state index contributed by atoms with van der Waals surface area (Å²) in [6.07, 6.45) is 5.99. The molecule has 2 rings (SSSR count). The highest BCUT2D eigenvalue weighted by molar-refractivity contribution is 5.78. The molecule has 0 saturated carbocycles. The van der Waals surface area contributed by atoms with E-state index >= 15 is 0 Å². The Bertz CT molecular complexity index is 481. The van der Waals surface area contributed by atoms with Crippen LogP contribution in [0.1, 0.15) is 32.4 Å². The molecule has 2 heterocycles. The van der Waals surface area contributed by atoms with E-state index in [-0.39, 0.29) is 0 Å². The van der Waals surface area contributed by atoms with E-state index in [1.807, 2.05) is 35.0 Å². The molecule has 0 atom stereocenters. The molecule has 0 amide bonds. The Morgan fingerprint density at radius 3 is 2.94 bits per heavy atom. The Labute approximate surface area is 101 Å². The summed E-state index contributed by atoms with van der Waals surface area (Å²) in [7, 11) is 0. The maximum atomic E-state index is 11.6. The van der Waals surface area contributed by atoms with E-state index in [9.17, 15) is 4.79 Å². The van der Waals surface area contributed by atoms with Crippen LogP contribution >= 0.6 is 0 Å². The second kappa shape index (κ2) is 5.13. The minimum absolute atomic E-state index is 0.331. The van der Waals surface area contributed by atoms with Gasteiger partial charge >= 0.3 is 0 Å². The molecule has 0 unspecified atom stereocenters. The van der Waals surface area contributed by atoms with E-state index in [2.05, 4.69) is 18.8 Å². The van der Waals surface area contributed by atoms with Crippen molar-refractivity contribution >= 4 is 11.4 Å². The number of Topliss-reactive ketones (excluding diaryl/α,β-unsaturated/α-hetero) is 1. The van der Waals surface area contributed by atoms with E-state index in [1.165, 1.54) is 0 Å². The summed E-state index contributed by atoms with van der Waals surface area (Å²) in [6, 6.07) is 5.91. The molecule has 0 aliphatic carbocycles. The van der Waals surface area contributed by atoms with Gasteiger partial charge in [-0.3, -0.25) is 4.79 Å². The standard InChI is InChI=1S/C14H18N2O/c1-11(2)9-13(17)7-6-12-10-16-8-4-3-5-14(16)15-12/h3-5,8,10-11H,6-7,9H2,1-2H3. The summed E-state index contributed by atoms with van der Waals surface area (Å²) in [5.41, 5.74) is 1.94. The van der Waals surface area contributed by atoms with Crippen molar-refractivity contribution in [2.24, 2.45) is 5.92 Å². The number of carbonyl (C=O) groups is 1. The van der Waals surface area contributed by atoms with Gasteiger partial charge in [-0.1, -0.05) is 19.9 Å². The minimum Gasteiger partial charge on any atom is -0.307 e. The van der Waals surface area contributed by atoms with Crippen molar-refractivity contribution in [1.82, 2.24) is 9.38 Å². The molecular weight excluding hydrogens is 212 g/mol. The van der Waals surface area contributed by atoms with Crippen molar-refractivity contribution in [3.8, 4) is 0 Å². The number of pyridine rings is 1.